The third-order valence-corrected chi connectivity index (χ3v) is 3.15. The van der Waals surface area contributed by atoms with Crippen molar-refractivity contribution in [3.05, 3.63) is 34.5 Å². The van der Waals surface area contributed by atoms with Crippen molar-refractivity contribution in [2.75, 3.05) is 0 Å². The average Bonchev–Trinajstić information content (AvgIpc) is 2.60. The second-order valence-corrected chi connectivity index (χ2v) is 4.21. The third-order valence-electron chi connectivity index (χ3n) is 2.85. The van der Waals surface area contributed by atoms with E-state index in [-0.39, 0.29) is 5.78 Å². The molecular weight excluding hydrogens is 212 g/mol. The van der Waals surface area contributed by atoms with Crippen molar-refractivity contribution in [1.82, 2.24) is 0 Å². The van der Waals surface area contributed by atoms with E-state index in [2.05, 4.69) is 0 Å². The zero-order valence-electron chi connectivity index (χ0n) is 8.05. The number of benzene rings is 1. The molecule has 1 aliphatic rings. The summed E-state index contributed by atoms with van der Waals surface area (Å²) in [4.78, 5) is 11.6. The molecule has 1 aliphatic carbocycles. The van der Waals surface area contributed by atoms with Gasteiger partial charge in [0, 0.05) is 17.4 Å². The third kappa shape index (κ3) is 1.21. The van der Waals surface area contributed by atoms with Crippen LogP contribution in [0.15, 0.2) is 22.6 Å². The minimum atomic E-state index is 0.100. The molecule has 0 atom stereocenters. The zero-order valence-corrected chi connectivity index (χ0v) is 8.80. The highest BCUT2D eigenvalue weighted by atomic mass is 35.5. The lowest BCUT2D eigenvalue weighted by atomic mass is 9.95. The molecule has 0 saturated carbocycles. The Hall–Kier alpha value is -1.28. The van der Waals surface area contributed by atoms with Crippen molar-refractivity contribution in [2.45, 2.75) is 19.3 Å². The summed E-state index contributed by atoms with van der Waals surface area (Å²) in [6.45, 7) is 0. The molecule has 0 spiro atoms. The van der Waals surface area contributed by atoms with Crippen molar-refractivity contribution in [1.29, 1.82) is 0 Å². The number of carbonyl (C=O) groups excluding carboxylic acids is 1. The molecule has 0 saturated heterocycles. The first-order chi connectivity index (χ1) is 7.27. The number of aryl methyl sites for hydroxylation is 1. The predicted molar refractivity (Wildman–Crippen MR) is 58.5 cm³/mol. The second-order valence-electron chi connectivity index (χ2n) is 3.80. The zero-order chi connectivity index (χ0) is 10.4. The van der Waals surface area contributed by atoms with Gasteiger partial charge in [-0.1, -0.05) is 23.7 Å². The van der Waals surface area contributed by atoms with Gasteiger partial charge in [0.2, 0.25) is 0 Å². The number of Topliss-reactive ketones (excluding diaryl/α,β-unsaturated/α-hetero) is 1. The molecule has 0 aliphatic heterocycles. The smallest absolute Gasteiger partial charge is 0.198 e. The highest BCUT2D eigenvalue weighted by molar-refractivity contribution is 6.35. The molecule has 2 nitrogen and oxygen atoms in total. The molecule has 0 unspecified atom stereocenters. The van der Waals surface area contributed by atoms with Crippen molar-refractivity contribution >= 4 is 28.4 Å². The lowest BCUT2D eigenvalue weighted by molar-refractivity contribution is 0.0946. The van der Waals surface area contributed by atoms with E-state index in [0.29, 0.717) is 22.8 Å². The van der Waals surface area contributed by atoms with Gasteiger partial charge in [-0.2, -0.15) is 0 Å². The first kappa shape index (κ1) is 8.98. The number of ketones is 1. The van der Waals surface area contributed by atoms with Crippen LogP contribution in [0.2, 0.25) is 5.02 Å². The van der Waals surface area contributed by atoms with Gasteiger partial charge >= 0.3 is 0 Å². The van der Waals surface area contributed by atoms with E-state index < -0.39 is 0 Å². The number of hydrogen-bond donors (Lipinski definition) is 0. The Morgan fingerprint density at radius 3 is 3.00 bits per heavy atom. The lowest BCUT2D eigenvalue weighted by Crippen LogP contribution is -2.07. The topological polar surface area (TPSA) is 30.2 Å². The monoisotopic (exact) mass is 220 g/mol. The maximum Gasteiger partial charge on any atom is 0.198 e. The predicted octanol–water partition coefficient (Wildman–Crippen LogP) is 3.61. The van der Waals surface area contributed by atoms with Crippen LogP contribution in [-0.4, -0.2) is 5.78 Å². The Labute approximate surface area is 91.8 Å². The Kier molecular flexibility index (Phi) is 1.86. The average molecular weight is 221 g/mol. The maximum absolute atomic E-state index is 11.6. The summed E-state index contributed by atoms with van der Waals surface area (Å²) in [5.74, 6) is 0.618. The van der Waals surface area contributed by atoms with Crippen molar-refractivity contribution in [3.63, 3.8) is 0 Å². The van der Waals surface area contributed by atoms with Crippen molar-refractivity contribution < 1.29 is 9.21 Å². The van der Waals surface area contributed by atoms with Crippen molar-refractivity contribution in [3.8, 4) is 0 Å². The van der Waals surface area contributed by atoms with Crippen LogP contribution in [0, 0.1) is 0 Å². The molecule has 3 rings (SSSR count). The lowest BCUT2D eigenvalue weighted by Gasteiger charge is -2.07. The first-order valence-corrected chi connectivity index (χ1v) is 5.38. The fraction of sp³-hybridized carbons (Fsp3) is 0.250. The Bertz CT molecular complexity index is 554. The Morgan fingerprint density at radius 1 is 1.27 bits per heavy atom. The van der Waals surface area contributed by atoms with Gasteiger partial charge in [-0.05, 0) is 18.9 Å². The Balaban J connectivity index is 2.40. The number of fused-ring (bicyclic) bond motifs is 3. The number of hydrogen-bond acceptors (Lipinski definition) is 2. The van der Waals surface area contributed by atoms with Gasteiger partial charge < -0.3 is 4.42 Å². The van der Waals surface area contributed by atoms with E-state index in [1.807, 2.05) is 12.1 Å². The van der Waals surface area contributed by atoms with E-state index >= 15 is 0 Å². The SMILES string of the molecule is O=C1CCCc2c1oc1c(Cl)cccc21. The van der Waals surface area contributed by atoms with Crippen LogP contribution in [0.4, 0.5) is 0 Å². The number of furan rings is 1. The van der Waals surface area contributed by atoms with Gasteiger partial charge in [0.05, 0.1) is 5.02 Å². The van der Waals surface area contributed by atoms with E-state index in [4.69, 9.17) is 16.0 Å². The van der Waals surface area contributed by atoms with Gasteiger partial charge in [-0.3, -0.25) is 4.79 Å². The number of halogens is 1. The molecule has 3 heteroatoms. The molecule has 0 N–H and O–H groups in total. The van der Waals surface area contributed by atoms with Gasteiger partial charge in [0.25, 0.3) is 0 Å². The minimum Gasteiger partial charge on any atom is -0.451 e. The molecule has 1 aromatic heterocycles. The minimum absolute atomic E-state index is 0.100. The number of carbonyl (C=O) groups is 1. The molecule has 0 radical (unpaired) electrons. The summed E-state index contributed by atoms with van der Waals surface area (Å²) >= 11 is 6.02. The molecule has 1 aromatic carbocycles. The van der Waals surface area contributed by atoms with Gasteiger partial charge in [0.1, 0.15) is 0 Å². The van der Waals surface area contributed by atoms with Crippen LogP contribution in [0.1, 0.15) is 29.0 Å². The highest BCUT2D eigenvalue weighted by Crippen LogP contribution is 2.35. The van der Waals surface area contributed by atoms with Crippen LogP contribution in [0.5, 0.6) is 0 Å². The molecule has 1 heterocycles. The standard InChI is InChI=1S/C12H9ClO2/c13-9-5-1-3-7-8-4-2-6-10(14)12(8)15-11(7)9/h1,3,5H,2,4,6H2. The van der Waals surface area contributed by atoms with E-state index in [1.165, 1.54) is 0 Å². The summed E-state index contributed by atoms with van der Waals surface area (Å²) in [6, 6.07) is 5.63. The summed E-state index contributed by atoms with van der Waals surface area (Å²) in [7, 11) is 0. The highest BCUT2D eigenvalue weighted by Gasteiger charge is 2.24. The molecule has 76 valence electrons. The normalized spacial score (nSPS) is 15.7. The van der Waals surface area contributed by atoms with E-state index in [9.17, 15) is 4.79 Å². The molecular formula is C12H9ClO2. The van der Waals surface area contributed by atoms with Crippen LogP contribution in [0.25, 0.3) is 11.0 Å². The molecule has 0 fully saturated rings. The van der Waals surface area contributed by atoms with Gasteiger partial charge in [-0.25, -0.2) is 0 Å². The quantitative estimate of drug-likeness (QED) is 0.679. The summed E-state index contributed by atoms with van der Waals surface area (Å²) < 4.78 is 5.55. The number of para-hydroxylation sites is 1. The summed E-state index contributed by atoms with van der Waals surface area (Å²) in [6.07, 6.45) is 2.41. The van der Waals surface area contributed by atoms with Crippen molar-refractivity contribution in [2.24, 2.45) is 0 Å². The Morgan fingerprint density at radius 2 is 2.13 bits per heavy atom. The fourth-order valence-electron chi connectivity index (χ4n) is 2.15. The summed E-state index contributed by atoms with van der Waals surface area (Å²) in [5, 5.41) is 1.57. The second kappa shape index (κ2) is 3.11. The maximum atomic E-state index is 11.6. The molecule has 15 heavy (non-hydrogen) atoms. The summed E-state index contributed by atoms with van der Waals surface area (Å²) in [5.41, 5.74) is 1.68. The molecule has 0 bridgehead atoms. The molecule has 2 aromatic rings. The van der Waals surface area contributed by atoms with Crippen LogP contribution in [0.3, 0.4) is 0 Å². The fourth-order valence-corrected chi connectivity index (χ4v) is 2.36. The van der Waals surface area contributed by atoms with E-state index in [1.54, 1.807) is 6.07 Å². The van der Waals surface area contributed by atoms with Crippen LogP contribution < -0.4 is 0 Å². The number of rotatable bonds is 0. The van der Waals surface area contributed by atoms with Gasteiger partial charge in [0.15, 0.2) is 17.1 Å². The van der Waals surface area contributed by atoms with Crippen LogP contribution >= 0.6 is 11.6 Å². The first-order valence-electron chi connectivity index (χ1n) is 5.00. The largest absolute Gasteiger partial charge is 0.451 e. The molecule has 0 amide bonds. The van der Waals surface area contributed by atoms with E-state index in [0.717, 1.165) is 23.8 Å². The van der Waals surface area contributed by atoms with Gasteiger partial charge in [-0.15, -0.1) is 0 Å². The van der Waals surface area contributed by atoms with Crippen LogP contribution in [-0.2, 0) is 6.42 Å².